The lowest BCUT2D eigenvalue weighted by Crippen LogP contribution is -2.11. The molecule has 13 heavy (non-hydrogen) atoms. The van der Waals surface area contributed by atoms with E-state index in [-0.39, 0.29) is 11.3 Å². The van der Waals surface area contributed by atoms with Gasteiger partial charge in [-0.05, 0) is 0 Å². The number of aromatic nitrogens is 2. The molecular formula is C3H2F3N3O2S2. The van der Waals surface area contributed by atoms with Gasteiger partial charge in [-0.25, -0.2) is 13.6 Å². The molecule has 0 atom stereocenters. The first kappa shape index (κ1) is 10.3. The zero-order valence-corrected chi connectivity index (χ0v) is 7.37. The number of halogens is 3. The SMILES string of the molecule is NS(=O)(=O)c1nnc(C(F)(F)F)s1. The summed E-state index contributed by atoms with van der Waals surface area (Å²) in [4.78, 5) is 0. The predicted octanol–water partition coefficient (Wildman–Crippen LogP) is 0.204. The van der Waals surface area contributed by atoms with Crippen molar-refractivity contribution in [2.75, 3.05) is 0 Å². The second-order valence-electron chi connectivity index (χ2n) is 1.92. The number of sulfonamides is 1. The lowest BCUT2D eigenvalue weighted by molar-refractivity contribution is -0.138. The van der Waals surface area contributed by atoms with E-state index in [1.807, 2.05) is 0 Å². The second kappa shape index (κ2) is 2.89. The first-order valence-electron chi connectivity index (χ1n) is 2.65. The van der Waals surface area contributed by atoms with Crippen LogP contribution in [0.25, 0.3) is 0 Å². The topological polar surface area (TPSA) is 85.9 Å². The molecule has 0 saturated heterocycles. The van der Waals surface area contributed by atoms with Crippen molar-refractivity contribution in [2.45, 2.75) is 10.5 Å². The third kappa shape index (κ3) is 2.35. The Kier molecular flexibility index (Phi) is 2.30. The van der Waals surface area contributed by atoms with Gasteiger partial charge in [-0.2, -0.15) is 13.2 Å². The highest BCUT2D eigenvalue weighted by atomic mass is 32.2. The molecule has 2 N–H and O–H groups in total. The standard InChI is InChI=1S/C3H2F3N3O2S2/c4-3(5,6)1-8-9-2(12-1)13(7,10)11/h(H2,7,10,11). The lowest BCUT2D eigenvalue weighted by atomic mass is 10.7. The molecule has 5 nitrogen and oxygen atoms in total. The maximum Gasteiger partial charge on any atom is 0.445 e. The molecule has 0 aliphatic rings. The minimum Gasteiger partial charge on any atom is -0.223 e. The Balaban J connectivity index is 3.16. The highest BCUT2D eigenvalue weighted by Crippen LogP contribution is 2.32. The molecule has 0 aromatic carbocycles. The van der Waals surface area contributed by atoms with Gasteiger partial charge >= 0.3 is 6.18 Å². The Hall–Kier alpha value is -0.740. The van der Waals surface area contributed by atoms with Gasteiger partial charge in [-0.15, -0.1) is 10.2 Å². The zero-order valence-electron chi connectivity index (χ0n) is 5.74. The summed E-state index contributed by atoms with van der Waals surface area (Å²) >= 11 is -0.113. The normalized spacial score (nSPS) is 13.2. The molecule has 0 fully saturated rings. The third-order valence-electron chi connectivity index (χ3n) is 0.892. The van der Waals surface area contributed by atoms with Crippen LogP contribution in [0, 0.1) is 0 Å². The van der Waals surface area contributed by atoms with E-state index in [2.05, 4.69) is 15.3 Å². The second-order valence-corrected chi connectivity index (χ2v) is 4.63. The van der Waals surface area contributed by atoms with Crippen LogP contribution < -0.4 is 5.14 Å². The number of hydrogen-bond acceptors (Lipinski definition) is 5. The Labute approximate surface area is 74.4 Å². The lowest BCUT2D eigenvalue weighted by Gasteiger charge is -1.97. The molecule has 0 saturated carbocycles. The van der Waals surface area contributed by atoms with Crippen LogP contribution in [0.5, 0.6) is 0 Å². The van der Waals surface area contributed by atoms with Gasteiger partial charge in [0.1, 0.15) is 0 Å². The van der Waals surface area contributed by atoms with Crippen LogP contribution in [0.4, 0.5) is 13.2 Å². The molecule has 0 bridgehead atoms. The summed E-state index contributed by atoms with van der Waals surface area (Å²) in [5, 5.41) is 8.62. The van der Waals surface area contributed by atoms with Crippen LogP contribution >= 0.6 is 11.3 Å². The fraction of sp³-hybridized carbons (Fsp3) is 0.333. The van der Waals surface area contributed by atoms with Gasteiger partial charge in [0.25, 0.3) is 10.0 Å². The monoisotopic (exact) mass is 233 g/mol. The number of alkyl halides is 3. The van der Waals surface area contributed by atoms with E-state index in [0.29, 0.717) is 0 Å². The van der Waals surface area contributed by atoms with Gasteiger partial charge in [0.05, 0.1) is 0 Å². The van der Waals surface area contributed by atoms with Gasteiger partial charge in [0.2, 0.25) is 9.35 Å². The van der Waals surface area contributed by atoms with E-state index in [1.54, 1.807) is 0 Å². The fourth-order valence-electron chi connectivity index (χ4n) is 0.439. The molecule has 0 unspecified atom stereocenters. The Morgan fingerprint density at radius 1 is 1.31 bits per heavy atom. The summed E-state index contributed by atoms with van der Waals surface area (Å²) in [5.74, 6) is 0. The maximum atomic E-state index is 11.9. The van der Waals surface area contributed by atoms with Gasteiger partial charge < -0.3 is 0 Å². The van der Waals surface area contributed by atoms with Gasteiger partial charge in [0.15, 0.2) is 0 Å². The molecular weight excluding hydrogens is 231 g/mol. The van der Waals surface area contributed by atoms with Crippen molar-refractivity contribution in [3.8, 4) is 0 Å². The minimum atomic E-state index is -4.69. The van der Waals surface area contributed by atoms with Crippen LogP contribution in [0.1, 0.15) is 5.01 Å². The summed E-state index contributed by atoms with van der Waals surface area (Å²) in [5.41, 5.74) is 0. The number of primary sulfonamides is 1. The van der Waals surface area contributed by atoms with Crippen LogP contribution in [0.2, 0.25) is 0 Å². The van der Waals surface area contributed by atoms with E-state index in [0.717, 1.165) is 0 Å². The largest absolute Gasteiger partial charge is 0.445 e. The molecule has 74 valence electrons. The summed E-state index contributed by atoms with van der Waals surface area (Å²) in [7, 11) is -4.20. The average molecular weight is 233 g/mol. The Bertz CT molecular complexity index is 408. The molecule has 0 spiro atoms. The van der Waals surface area contributed by atoms with Crippen molar-refractivity contribution in [1.29, 1.82) is 0 Å². The van der Waals surface area contributed by atoms with Gasteiger partial charge in [-0.1, -0.05) is 11.3 Å². The molecule has 1 aromatic rings. The number of nitrogens with two attached hydrogens (primary N) is 1. The molecule has 0 amide bonds. The summed E-state index contributed by atoms with van der Waals surface area (Å²) in [6, 6.07) is 0. The fourth-order valence-corrected chi connectivity index (χ4v) is 1.74. The van der Waals surface area contributed by atoms with Crippen molar-refractivity contribution in [3.63, 3.8) is 0 Å². The molecule has 0 radical (unpaired) electrons. The molecule has 10 heteroatoms. The van der Waals surface area contributed by atoms with Crippen molar-refractivity contribution < 1.29 is 21.6 Å². The first-order valence-corrected chi connectivity index (χ1v) is 5.01. The van der Waals surface area contributed by atoms with Crippen molar-refractivity contribution in [3.05, 3.63) is 5.01 Å². The van der Waals surface area contributed by atoms with Crippen LogP contribution in [-0.2, 0) is 16.2 Å². The van der Waals surface area contributed by atoms with E-state index < -0.39 is 25.5 Å². The highest BCUT2D eigenvalue weighted by molar-refractivity contribution is 7.91. The Morgan fingerprint density at radius 3 is 2.08 bits per heavy atom. The third-order valence-corrected chi connectivity index (χ3v) is 3.17. The predicted molar refractivity (Wildman–Crippen MR) is 36.3 cm³/mol. The maximum absolute atomic E-state index is 11.9. The highest BCUT2D eigenvalue weighted by Gasteiger charge is 2.36. The van der Waals surface area contributed by atoms with E-state index in [1.165, 1.54) is 0 Å². The van der Waals surface area contributed by atoms with Crippen LogP contribution in [0.3, 0.4) is 0 Å². The van der Waals surface area contributed by atoms with Gasteiger partial charge in [-0.3, -0.25) is 0 Å². The van der Waals surface area contributed by atoms with E-state index in [9.17, 15) is 21.6 Å². The first-order chi connectivity index (χ1) is 5.71. The number of nitrogens with zero attached hydrogens (tertiary/aromatic N) is 2. The summed E-state index contributed by atoms with van der Waals surface area (Å²) in [6.45, 7) is 0. The molecule has 0 aliphatic carbocycles. The summed E-state index contributed by atoms with van der Waals surface area (Å²) < 4.78 is 55.7. The molecule has 1 heterocycles. The zero-order chi connectivity index (χ0) is 10.3. The molecule has 0 aliphatic heterocycles. The average Bonchev–Trinajstić information content (AvgIpc) is 2.28. The van der Waals surface area contributed by atoms with Gasteiger partial charge in [0, 0.05) is 0 Å². The van der Waals surface area contributed by atoms with Crippen molar-refractivity contribution >= 4 is 21.4 Å². The summed E-state index contributed by atoms with van der Waals surface area (Å²) in [6.07, 6.45) is -4.69. The van der Waals surface area contributed by atoms with Crippen molar-refractivity contribution in [2.24, 2.45) is 5.14 Å². The van der Waals surface area contributed by atoms with E-state index >= 15 is 0 Å². The number of rotatable bonds is 1. The smallest absolute Gasteiger partial charge is 0.223 e. The van der Waals surface area contributed by atoms with Crippen LogP contribution in [-0.4, -0.2) is 18.6 Å². The number of hydrogen-bond donors (Lipinski definition) is 1. The molecule has 1 aromatic heterocycles. The molecule has 1 rings (SSSR count). The van der Waals surface area contributed by atoms with Crippen LogP contribution in [0.15, 0.2) is 4.34 Å². The minimum absolute atomic E-state index is 0.113. The Morgan fingerprint density at radius 2 is 1.85 bits per heavy atom. The van der Waals surface area contributed by atoms with Crippen molar-refractivity contribution in [1.82, 2.24) is 10.2 Å². The van der Waals surface area contributed by atoms with E-state index in [4.69, 9.17) is 0 Å². The quantitative estimate of drug-likeness (QED) is 0.750.